The average molecular weight is 412 g/mol. The number of hydrogen-bond donors (Lipinski definition) is 0. The van der Waals surface area contributed by atoms with E-state index in [1.54, 1.807) is 11.3 Å². The van der Waals surface area contributed by atoms with E-state index < -0.39 is 26.9 Å². The highest BCUT2D eigenvalue weighted by Crippen LogP contribution is 2.44. The second-order valence-electron chi connectivity index (χ2n) is 7.02. The maximum absolute atomic E-state index is 13.0. The molecule has 0 atom stereocenters. The molecule has 0 aromatic carbocycles. The third kappa shape index (κ3) is 2.82. The molecule has 0 unspecified atom stereocenters. The van der Waals surface area contributed by atoms with Crippen LogP contribution in [-0.2, 0) is 40.9 Å². The summed E-state index contributed by atoms with van der Waals surface area (Å²) in [4.78, 5) is 25.0. The predicted octanol–water partition coefficient (Wildman–Crippen LogP) is 0.398. The Balaban J connectivity index is 1.65. The highest BCUT2D eigenvalue weighted by atomic mass is 32.2. The van der Waals surface area contributed by atoms with Gasteiger partial charge >= 0.3 is 5.69 Å². The second kappa shape index (κ2) is 6.40. The summed E-state index contributed by atoms with van der Waals surface area (Å²) in [6.45, 7) is 1.18. The van der Waals surface area contributed by atoms with Gasteiger partial charge in [-0.3, -0.25) is 9.36 Å². The fraction of sp³-hybridized carbons (Fsp3) is 0.529. The van der Waals surface area contributed by atoms with Gasteiger partial charge < -0.3 is 9.30 Å². The van der Waals surface area contributed by atoms with Crippen LogP contribution in [0.5, 0.6) is 0 Å². The zero-order valence-corrected chi connectivity index (χ0v) is 16.8. The molecule has 0 saturated carbocycles. The van der Waals surface area contributed by atoms with E-state index in [2.05, 4.69) is 11.4 Å². The van der Waals surface area contributed by atoms with Crippen molar-refractivity contribution in [1.29, 1.82) is 0 Å². The Morgan fingerprint density at radius 2 is 1.89 bits per heavy atom. The molecule has 4 rings (SSSR count). The molecule has 1 spiro atoms. The number of sulfonamides is 1. The summed E-state index contributed by atoms with van der Waals surface area (Å²) >= 11 is 1.66. The van der Waals surface area contributed by atoms with Crippen molar-refractivity contribution < 1.29 is 13.2 Å². The van der Waals surface area contributed by atoms with Gasteiger partial charge in [0.15, 0.2) is 4.90 Å². The van der Waals surface area contributed by atoms with Crippen LogP contribution in [0.4, 0.5) is 0 Å². The van der Waals surface area contributed by atoms with E-state index in [9.17, 15) is 18.0 Å². The summed E-state index contributed by atoms with van der Waals surface area (Å²) in [5.41, 5.74) is -0.498. The van der Waals surface area contributed by atoms with Gasteiger partial charge in [-0.1, -0.05) is 0 Å². The molecular formula is C17H21N3O5S2. The molecule has 4 heterocycles. The Morgan fingerprint density at radius 1 is 1.19 bits per heavy atom. The number of aromatic nitrogens is 2. The Kier molecular flexibility index (Phi) is 4.41. The molecule has 27 heavy (non-hydrogen) atoms. The maximum atomic E-state index is 13.0. The van der Waals surface area contributed by atoms with Gasteiger partial charge in [-0.2, -0.15) is 4.31 Å². The molecule has 2 aliphatic heterocycles. The first kappa shape index (κ1) is 18.6. The monoisotopic (exact) mass is 411 g/mol. The van der Waals surface area contributed by atoms with Gasteiger partial charge in [0.25, 0.3) is 5.56 Å². The number of ether oxygens (including phenoxy) is 1. The van der Waals surface area contributed by atoms with Crippen LogP contribution in [0.15, 0.2) is 32.1 Å². The lowest BCUT2D eigenvalue weighted by Gasteiger charge is -2.43. The summed E-state index contributed by atoms with van der Waals surface area (Å²) in [5.74, 6) is 0. The van der Waals surface area contributed by atoms with E-state index in [1.165, 1.54) is 28.8 Å². The number of thiophene rings is 1. The Hall–Kier alpha value is -1.75. The van der Waals surface area contributed by atoms with Gasteiger partial charge in [0.1, 0.15) is 5.60 Å². The van der Waals surface area contributed by atoms with Crippen LogP contribution >= 0.6 is 11.3 Å². The molecule has 0 radical (unpaired) electrons. The number of hydrogen-bond acceptors (Lipinski definition) is 6. The van der Waals surface area contributed by atoms with Gasteiger partial charge in [0, 0.05) is 38.3 Å². The molecule has 1 fully saturated rings. The van der Waals surface area contributed by atoms with Gasteiger partial charge in [-0.15, -0.1) is 11.3 Å². The molecule has 8 nitrogen and oxygen atoms in total. The van der Waals surface area contributed by atoms with Gasteiger partial charge in [-0.25, -0.2) is 13.2 Å². The highest BCUT2D eigenvalue weighted by molar-refractivity contribution is 7.89. The van der Waals surface area contributed by atoms with Crippen molar-refractivity contribution in [2.75, 3.05) is 19.7 Å². The van der Waals surface area contributed by atoms with Crippen molar-refractivity contribution in [2.45, 2.75) is 29.8 Å². The smallest absolute Gasteiger partial charge is 0.330 e. The molecule has 2 aliphatic rings. The Labute approximate surface area is 160 Å². The van der Waals surface area contributed by atoms with Crippen LogP contribution in [0.3, 0.4) is 0 Å². The summed E-state index contributed by atoms with van der Waals surface area (Å²) in [7, 11) is -1.27. The molecule has 2 aromatic rings. The summed E-state index contributed by atoms with van der Waals surface area (Å²) in [6, 6.07) is 2.11. The largest absolute Gasteiger partial charge is 0.369 e. The number of fused-ring (bicyclic) bond motifs is 2. The molecular weight excluding hydrogens is 390 g/mol. The Morgan fingerprint density at radius 3 is 2.59 bits per heavy atom. The lowest BCUT2D eigenvalue weighted by atomic mass is 9.86. The SMILES string of the molecule is Cn1cc(S(=O)(=O)N2CCC3(CC2)OCCc2ccsc23)c(=O)n(C)c1=O. The van der Waals surface area contributed by atoms with Crippen LogP contribution in [0.2, 0.25) is 0 Å². The van der Waals surface area contributed by atoms with Crippen molar-refractivity contribution >= 4 is 21.4 Å². The molecule has 0 N–H and O–H groups in total. The van der Waals surface area contributed by atoms with Crippen molar-refractivity contribution in [2.24, 2.45) is 14.1 Å². The molecule has 10 heteroatoms. The summed E-state index contributed by atoms with van der Waals surface area (Å²) in [5, 5.41) is 2.05. The topological polar surface area (TPSA) is 90.6 Å². The van der Waals surface area contributed by atoms with Crippen molar-refractivity contribution in [1.82, 2.24) is 13.4 Å². The third-order valence-electron chi connectivity index (χ3n) is 5.47. The van der Waals surface area contributed by atoms with Gasteiger partial charge in [0.05, 0.1) is 6.61 Å². The first-order chi connectivity index (χ1) is 12.8. The van der Waals surface area contributed by atoms with Gasteiger partial charge in [0.2, 0.25) is 10.0 Å². The van der Waals surface area contributed by atoms with Crippen LogP contribution < -0.4 is 11.2 Å². The van der Waals surface area contributed by atoms with E-state index in [1.807, 2.05) is 0 Å². The third-order valence-corrected chi connectivity index (χ3v) is 8.50. The molecule has 0 amide bonds. The van der Waals surface area contributed by atoms with E-state index in [0.29, 0.717) is 19.4 Å². The predicted molar refractivity (Wildman–Crippen MR) is 101 cm³/mol. The van der Waals surface area contributed by atoms with Crippen molar-refractivity contribution in [3.8, 4) is 0 Å². The van der Waals surface area contributed by atoms with E-state index >= 15 is 0 Å². The molecule has 1 saturated heterocycles. The maximum Gasteiger partial charge on any atom is 0.330 e. The lowest BCUT2D eigenvalue weighted by molar-refractivity contribution is -0.0862. The number of nitrogens with zero attached hydrogens (tertiary/aromatic N) is 3. The number of aryl methyl sites for hydroxylation is 1. The molecule has 0 aliphatic carbocycles. The van der Waals surface area contributed by atoms with Crippen LogP contribution in [0, 0.1) is 0 Å². The zero-order valence-electron chi connectivity index (χ0n) is 15.2. The first-order valence-electron chi connectivity index (χ1n) is 8.74. The minimum Gasteiger partial charge on any atom is -0.369 e. The van der Waals surface area contributed by atoms with Gasteiger partial charge in [-0.05, 0) is 36.3 Å². The summed E-state index contributed by atoms with van der Waals surface area (Å²) < 4.78 is 35.5. The van der Waals surface area contributed by atoms with Crippen molar-refractivity contribution in [3.63, 3.8) is 0 Å². The quantitative estimate of drug-likeness (QED) is 0.713. The number of piperidine rings is 1. The second-order valence-corrected chi connectivity index (χ2v) is 9.85. The first-order valence-corrected chi connectivity index (χ1v) is 11.1. The zero-order chi connectivity index (χ0) is 19.4. The summed E-state index contributed by atoms with van der Waals surface area (Å²) in [6.07, 6.45) is 3.09. The van der Waals surface area contributed by atoms with E-state index in [0.717, 1.165) is 21.8 Å². The number of rotatable bonds is 2. The van der Waals surface area contributed by atoms with Crippen molar-refractivity contribution in [3.05, 3.63) is 48.9 Å². The molecule has 146 valence electrons. The van der Waals surface area contributed by atoms with Crippen LogP contribution in [-0.4, -0.2) is 41.6 Å². The average Bonchev–Trinajstić information content (AvgIpc) is 3.14. The lowest BCUT2D eigenvalue weighted by Crippen LogP contribution is -2.49. The molecule has 0 bridgehead atoms. The fourth-order valence-corrected chi connectivity index (χ4v) is 6.66. The van der Waals surface area contributed by atoms with Crippen LogP contribution in [0.1, 0.15) is 23.3 Å². The van der Waals surface area contributed by atoms with E-state index in [4.69, 9.17) is 4.74 Å². The normalized spacial score (nSPS) is 19.9. The molecule has 2 aromatic heterocycles. The van der Waals surface area contributed by atoms with E-state index in [-0.39, 0.29) is 18.0 Å². The highest BCUT2D eigenvalue weighted by Gasteiger charge is 2.44. The van der Waals surface area contributed by atoms with Crippen LogP contribution in [0.25, 0.3) is 0 Å². The minimum absolute atomic E-state index is 0.270. The fourth-order valence-electron chi connectivity index (χ4n) is 3.90. The minimum atomic E-state index is -3.99. The standard InChI is InChI=1S/C17H21N3O5S2/c1-18-11-13(15(21)19(2)16(18)22)27(23,24)20-7-5-17(6-8-20)14-12(3-9-25-17)4-10-26-14/h4,10-11H,3,5-9H2,1-2H3. The Bertz CT molecular complexity index is 1100.